The number of carbonyl (C=O) groups is 3. The number of aromatic nitrogens is 1. The van der Waals surface area contributed by atoms with E-state index in [2.05, 4.69) is 26.2 Å². The number of rotatable bonds is 6. The van der Waals surface area contributed by atoms with E-state index in [-0.39, 0.29) is 29.2 Å². The maximum absolute atomic E-state index is 14.0. The zero-order valence-corrected chi connectivity index (χ0v) is 24.4. The molecule has 1 saturated heterocycles. The lowest BCUT2D eigenvalue weighted by Gasteiger charge is -2.31. The van der Waals surface area contributed by atoms with Crippen LogP contribution in [0.4, 0.5) is 11.4 Å². The lowest BCUT2D eigenvalue weighted by molar-refractivity contribution is -0.122. The van der Waals surface area contributed by atoms with Crippen molar-refractivity contribution >= 4 is 79.7 Å². The first-order chi connectivity index (χ1) is 19.3. The molecule has 0 unspecified atom stereocenters. The van der Waals surface area contributed by atoms with Gasteiger partial charge in [-0.15, -0.1) is 0 Å². The van der Waals surface area contributed by atoms with E-state index in [9.17, 15) is 19.2 Å². The van der Waals surface area contributed by atoms with Crippen LogP contribution in [0, 0.1) is 5.92 Å². The number of ether oxygens (including phenoxy) is 1. The summed E-state index contributed by atoms with van der Waals surface area (Å²) >= 11 is 11.7. The molecule has 0 bridgehead atoms. The molecule has 1 fully saturated rings. The van der Waals surface area contributed by atoms with Crippen LogP contribution in [-0.2, 0) is 14.4 Å². The molecule has 2 aliphatic rings. The summed E-state index contributed by atoms with van der Waals surface area (Å²) in [6, 6.07) is 20.8. The number of hydrogen-bond donors (Lipinski definition) is 2. The van der Waals surface area contributed by atoms with E-state index in [1.54, 1.807) is 54.6 Å². The number of hydrogen-bond acceptors (Lipinski definition) is 7. The van der Waals surface area contributed by atoms with Crippen molar-refractivity contribution < 1.29 is 19.1 Å². The molecule has 2 aliphatic heterocycles. The van der Waals surface area contributed by atoms with Gasteiger partial charge >= 0.3 is 4.87 Å². The summed E-state index contributed by atoms with van der Waals surface area (Å²) in [6.45, 7) is -0.279. The summed E-state index contributed by atoms with van der Waals surface area (Å²) in [5.41, 5.74) is 1.65. The summed E-state index contributed by atoms with van der Waals surface area (Å²) < 4.78 is 6.71. The molecule has 3 amide bonds. The van der Waals surface area contributed by atoms with E-state index in [1.807, 2.05) is 18.2 Å². The molecule has 1 aromatic heterocycles. The first-order valence-electron chi connectivity index (χ1n) is 12.1. The maximum Gasteiger partial charge on any atom is 0.305 e. The zero-order chi connectivity index (χ0) is 28.0. The lowest BCUT2D eigenvalue weighted by Crippen LogP contribution is -2.32. The van der Waals surface area contributed by atoms with Crippen molar-refractivity contribution in [2.24, 2.45) is 5.92 Å². The third-order valence-corrected chi connectivity index (χ3v) is 9.78. The predicted molar refractivity (Wildman–Crippen MR) is 159 cm³/mol. The van der Waals surface area contributed by atoms with Crippen molar-refractivity contribution in [3.05, 3.63) is 102 Å². The molecule has 0 spiro atoms. The van der Waals surface area contributed by atoms with Gasteiger partial charge in [0, 0.05) is 31.5 Å². The summed E-state index contributed by atoms with van der Waals surface area (Å²) in [6.07, 6.45) is 0. The van der Waals surface area contributed by atoms with Crippen LogP contribution >= 0.6 is 50.6 Å². The van der Waals surface area contributed by atoms with Crippen LogP contribution in [0.5, 0.6) is 5.75 Å². The second-order valence-corrected chi connectivity index (χ2v) is 12.6. The summed E-state index contributed by atoms with van der Waals surface area (Å²) in [5, 5.41) is 3.05. The van der Waals surface area contributed by atoms with Crippen LogP contribution in [0.2, 0.25) is 5.02 Å². The van der Waals surface area contributed by atoms with Gasteiger partial charge < -0.3 is 15.0 Å². The molecule has 2 N–H and O–H groups in total. The van der Waals surface area contributed by atoms with Gasteiger partial charge in [-0.05, 0) is 54.6 Å². The smallest absolute Gasteiger partial charge is 0.305 e. The standard InChI is InChI=1S/C28H19BrClN3O5S2/c29-14-6-11-19(38-13-20(34)31-16-4-2-1-3-5-16)18(12-14)21-22-24(39-25-23(21)40-28(37)32-25)27(36)33(26(22)35)17-9-7-15(30)8-10-17/h1-12,21-22,24H,13H2,(H,31,34)(H,32,37)/t21-,22-,24+/m0/s1. The second-order valence-electron chi connectivity index (χ2n) is 9.12. The third kappa shape index (κ3) is 4.98. The molecule has 6 rings (SSSR count). The average molecular weight is 657 g/mol. The molecule has 3 atom stereocenters. The van der Waals surface area contributed by atoms with Crippen molar-refractivity contribution in [2.45, 2.75) is 16.2 Å². The number of amides is 3. The van der Waals surface area contributed by atoms with Crippen LogP contribution < -0.4 is 19.8 Å². The number of halogens is 2. The highest BCUT2D eigenvalue weighted by atomic mass is 79.9. The minimum absolute atomic E-state index is 0.279. The number of anilines is 2. The van der Waals surface area contributed by atoms with Gasteiger partial charge in [0.05, 0.1) is 16.6 Å². The Kier molecular flexibility index (Phi) is 7.30. The number of thiazole rings is 1. The fraction of sp³-hybridized carbons (Fsp3) is 0.143. The maximum atomic E-state index is 14.0. The number of imide groups is 1. The van der Waals surface area contributed by atoms with Gasteiger partial charge in [-0.25, -0.2) is 4.90 Å². The molecule has 3 heterocycles. The van der Waals surface area contributed by atoms with Crippen molar-refractivity contribution in [1.29, 1.82) is 0 Å². The Morgan fingerprint density at radius 3 is 2.52 bits per heavy atom. The monoisotopic (exact) mass is 655 g/mol. The van der Waals surface area contributed by atoms with Gasteiger partial charge in [0.1, 0.15) is 11.0 Å². The van der Waals surface area contributed by atoms with Crippen LogP contribution in [-0.4, -0.2) is 34.6 Å². The molecule has 8 nitrogen and oxygen atoms in total. The van der Waals surface area contributed by atoms with E-state index in [0.717, 1.165) is 11.3 Å². The number of nitrogens with zero attached hydrogens (tertiary/aromatic N) is 1. The molecule has 0 aliphatic carbocycles. The lowest BCUT2D eigenvalue weighted by atomic mass is 9.82. The third-order valence-electron chi connectivity index (χ3n) is 6.63. The number of benzene rings is 3. The zero-order valence-electron chi connectivity index (χ0n) is 20.4. The fourth-order valence-corrected chi connectivity index (χ4v) is 7.96. The van der Waals surface area contributed by atoms with E-state index in [1.165, 1.54) is 16.7 Å². The predicted octanol–water partition coefficient (Wildman–Crippen LogP) is 5.67. The molecule has 40 heavy (non-hydrogen) atoms. The van der Waals surface area contributed by atoms with Crippen molar-refractivity contribution in [1.82, 2.24) is 4.98 Å². The van der Waals surface area contributed by atoms with E-state index >= 15 is 0 Å². The van der Waals surface area contributed by atoms with Crippen LogP contribution in [0.1, 0.15) is 16.4 Å². The summed E-state index contributed by atoms with van der Waals surface area (Å²) in [7, 11) is 0. The highest BCUT2D eigenvalue weighted by Crippen LogP contribution is 2.54. The van der Waals surface area contributed by atoms with Crippen LogP contribution in [0.25, 0.3) is 0 Å². The topological polar surface area (TPSA) is 109 Å². The number of carbonyl (C=O) groups excluding carboxylic acids is 3. The summed E-state index contributed by atoms with van der Waals surface area (Å²) in [4.78, 5) is 57.1. The van der Waals surface area contributed by atoms with Gasteiger partial charge in [0.25, 0.3) is 5.91 Å². The van der Waals surface area contributed by atoms with E-state index in [0.29, 0.717) is 42.1 Å². The van der Waals surface area contributed by atoms with Gasteiger partial charge in [0.15, 0.2) is 6.61 Å². The fourth-order valence-electron chi connectivity index (χ4n) is 4.95. The Balaban J connectivity index is 1.37. The van der Waals surface area contributed by atoms with Gasteiger partial charge in [-0.3, -0.25) is 19.2 Å². The van der Waals surface area contributed by atoms with Crippen molar-refractivity contribution in [3.63, 3.8) is 0 Å². The number of H-pyrrole nitrogens is 1. The molecule has 12 heteroatoms. The first kappa shape index (κ1) is 26.8. The highest BCUT2D eigenvalue weighted by Gasteiger charge is 2.56. The van der Waals surface area contributed by atoms with Gasteiger partial charge in [-0.1, -0.05) is 68.8 Å². The van der Waals surface area contributed by atoms with E-state index < -0.39 is 17.1 Å². The Hall–Kier alpha value is -3.38. The summed E-state index contributed by atoms with van der Waals surface area (Å²) in [5.74, 6) is -2.20. The Morgan fingerprint density at radius 1 is 1.02 bits per heavy atom. The Bertz CT molecular complexity index is 1690. The number of para-hydroxylation sites is 1. The molecule has 0 saturated carbocycles. The van der Waals surface area contributed by atoms with Crippen LogP contribution in [0.15, 0.2) is 87.1 Å². The van der Waals surface area contributed by atoms with Crippen LogP contribution in [0.3, 0.4) is 0 Å². The second kappa shape index (κ2) is 10.9. The SMILES string of the molecule is O=C(COc1ccc(Br)cc1[C@@H]1c2sc(=O)[nH]c2S[C@H]2C(=O)N(c3ccc(Cl)cc3)C(=O)[C@@H]12)Nc1ccccc1. The Morgan fingerprint density at radius 2 is 1.77 bits per heavy atom. The number of nitrogens with one attached hydrogen (secondary N) is 2. The normalized spacial score (nSPS) is 19.8. The quantitative estimate of drug-likeness (QED) is 0.259. The number of aromatic amines is 1. The highest BCUT2D eigenvalue weighted by molar-refractivity contribution is 9.10. The molecule has 202 valence electrons. The van der Waals surface area contributed by atoms with E-state index in [4.69, 9.17) is 16.3 Å². The number of thioether (sulfide) groups is 1. The largest absolute Gasteiger partial charge is 0.483 e. The Labute approximate surface area is 249 Å². The molecular weight excluding hydrogens is 638 g/mol. The first-order valence-corrected chi connectivity index (χ1v) is 15.0. The van der Waals surface area contributed by atoms with Crippen molar-refractivity contribution in [2.75, 3.05) is 16.8 Å². The molecular formula is C28H19BrClN3O5S2. The minimum atomic E-state index is -0.804. The molecule has 4 aromatic rings. The average Bonchev–Trinajstić information content (AvgIpc) is 3.43. The van der Waals surface area contributed by atoms with Gasteiger partial charge in [0.2, 0.25) is 11.8 Å². The van der Waals surface area contributed by atoms with Gasteiger partial charge in [-0.2, -0.15) is 0 Å². The molecule has 3 aromatic carbocycles. The minimum Gasteiger partial charge on any atom is -0.483 e. The van der Waals surface area contributed by atoms with Crippen molar-refractivity contribution in [3.8, 4) is 5.75 Å². The molecule has 0 radical (unpaired) electrons. The number of fused-ring (bicyclic) bond motifs is 2.